The summed E-state index contributed by atoms with van der Waals surface area (Å²) in [4.78, 5) is 0. The SMILES string of the molecule is O=S(Cl)CCC1CS(=O)(=O)C1. The molecule has 1 unspecified atom stereocenters. The zero-order chi connectivity index (χ0) is 8.48. The van der Waals surface area contributed by atoms with E-state index in [0.29, 0.717) is 12.2 Å². The molecule has 1 atom stereocenters. The van der Waals surface area contributed by atoms with Crippen LogP contribution in [0.3, 0.4) is 0 Å². The smallest absolute Gasteiger partial charge is 0.150 e. The summed E-state index contributed by atoms with van der Waals surface area (Å²) in [5.74, 6) is 1.10. The van der Waals surface area contributed by atoms with Crippen molar-refractivity contribution < 1.29 is 12.6 Å². The fourth-order valence-corrected chi connectivity index (χ4v) is 3.55. The molecule has 0 saturated carbocycles. The van der Waals surface area contributed by atoms with E-state index in [9.17, 15) is 12.6 Å². The van der Waals surface area contributed by atoms with Crippen LogP contribution in [0.15, 0.2) is 0 Å². The zero-order valence-corrected chi connectivity index (χ0v) is 8.21. The molecule has 11 heavy (non-hydrogen) atoms. The minimum atomic E-state index is -2.72. The highest BCUT2D eigenvalue weighted by molar-refractivity contribution is 8.08. The van der Waals surface area contributed by atoms with Crippen molar-refractivity contribution in [1.82, 2.24) is 0 Å². The molecule has 0 aliphatic carbocycles. The summed E-state index contributed by atoms with van der Waals surface area (Å²) in [6.07, 6.45) is 0.662. The molecule has 0 aromatic rings. The van der Waals surface area contributed by atoms with E-state index in [4.69, 9.17) is 10.7 Å². The lowest BCUT2D eigenvalue weighted by atomic mass is 10.1. The van der Waals surface area contributed by atoms with Gasteiger partial charge in [0.1, 0.15) is 10.0 Å². The normalized spacial score (nSPS) is 25.9. The summed E-state index contributed by atoms with van der Waals surface area (Å²) >= 11 is 0. The molecule has 1 fully saturated rings. The Balaban J connectivity index is 2.19. The molecular weight excluding hydrogens is 208 g/mol. The Kier molecular flexibility index (Phi) is 2.94. The van der Waals surface area contributed by atoms with Crippen LogP contribution in [-0.4, -0.2) is 29.9 Å². The van der Waals surface area contributed by atoms with Crippen molar-refractivity contribution in [2.45, 2.75) is 6.42 Å². The maximum absolute atomic E-state index is 10.6. The van der Waals surface area contributed by atoms with Crippen LogP contribution in [0.1, 0.15) is 6.42 Å². The lowest BCUT2D eigenvalue weighted by Gasteiger charge is -2.24. The second-order valence-corrected chi connectivity index (χ2v) is 6.90. The highest BCUT2D eigenvalue weighted by Gasteiger charge is 2.32. The van der Waals surface area contributed by atoms with Crippen LogP contribution < -0.4 is 0 Å². The third kappa shape index (κ3) is 3.09. The first-order valence-corrected chi connectivity index (χ1v) is 7.21. The molecule has 0 bridgehead atoms. The quantitative estimate of drug-likeness (QED) is 0.639. The van der Waals surface area contributed by atoms with Gasteiger partial charge in [-0.15, -0.1) is 0 Å². The van der Waals surface area contributed by atoms with E-state index in [1.165, 1.54) is 0 Å². The standard InChI is InChI=1S/C5H9ClO3S2/c6-10(7)2-1-5-3-11(8,9)4-5/h5H,1-4H2. The van der Waals surface area contributed by atoms with Gasteiger partial charge in [-0.25, -0.2) is 12.6 Å². The van der Waals surface area contributed by atoms with Crippen molar-refractivity contribution in [3.05, 3.63) is 0 Å². The highest BCUT2D eigenvalue weighted by Crippen LogP contribution is 2.21. The number of halogens is 1. The average molecular weight is 217 g/mol. The average Bonchev–Trinajstić information content (AvgIpc) is 1.78. The molecule has 0 aromatic heterocycles. The lowest BCUT2D eigenvalue weighted by molar-refractivity contribution is 0.513. The molecular formula is C5H9ClO3S2. The first kappa shape index (κ1) is 9.48. The summed E-state index contributed by atoms with van der Waals surface area (Å²) in [5, 5.41) is 0. The second-order valence-electron chi connectivity index (χ2n) is 2.73. The maximum atomic E-state index is 10.6. The van der Waals surface area contributed by atoms with E-state index in [1.54, 1.807) is 0 Å². The van der Waals surface area contributed by atoms with Crippen LogP contribution >= 0.6 is 10.7 Å². The Labute approximate surface area is 73.0 Å². The summed E-state index contributed by atoms with van der Waals surface area (Å²) in [6, 6.07) is 0. The van der Waals surface area contributed by atoms with Gasteiger partial charge >= 0.3 is 0 Å². The maximum Gasteiger partial charge on any atom is 0.150 e. The Morgan fingerprint density at radius 2 is 2.00 bits per heavy atom. The van der Waals surface area contributed by atoms with Gasteiger partial charge in [-0.1, -0.05) is 0 Å². The Morgan fingerprint density at radius 1 is 1.45 bits per heavy atom. The minimum Gasteiger partial charge on any atom is -0.243 e. The molecule has 66 valence electrons. The molecule has 0 spiro atoms. The van der Waals surface area contributed by atoms with E-state index in [0.717, 1.165) is 0 Å². The van der Waals surface area contributed by atoms with Crippen molar-refractivity contribution >= 4 is 30.5 Å². The summed E-state index contributed by atoms with van der Waals surface area (Å²) in [5.41, 5.74) is 0. The number of hydrogen-bond acceptors (Lipinski definition) is 3. The van der Waals surface area contributed by atoms with E-state index in [-0.39, 0.29) is 17.4 Å². The first-order valence-electron chi connectivity index (χ1n) is 3.25. The molecule has 1 saturated heterocycles. The zero-order valence-electron chi connectivity index (χ0n) is 5.82. The molecule has 1 rings (SSSR count). The topological polar surface area (TPSA) is 51.2 Å². The number of sulfone groups is 1. The molecule has 1 heterocycles. The van der Waals surface area contributed by atoms with Gasteiger partial charge in [0.2, 0.25) is 0 Å². The third-order valence-electron chi connectivity index (χ3n) is 1.67. The van der Waals surface area contributed by atoms with Crippen molar-refractivity contribution in [3.8, 4) is 0 Å². The molecule has 0 aromatic carbocycles. The van der Waals surface area contributed by atoms with Crippen LogP contribution in [-0.2, 0) is 19.9 Å². The molecule has 3 nitrogen and oxygen atoms in total. The molecule has 0 radical (unpaired) electrons. The van der Waals surface area contributed by atoms with E-state index >= 15 is 0 Å². The molecule has 0 amide bonds. The van der Waals surface area contributed by atoms with Crippen molar-refractivity contribution in [2.75, 3.05) is 17.3 Å². The van der Waals surface area contributed by atoms with Gasteiger partial charge in [-0.3, -0.25) is 0 Å². The van der Waals surface area contributed by atoms with Crippen LogP contribution in [0.25, 0.3) is 0 Å². The minimum absolute atomic E-state index is 0.197. The van der Waals surface area contributed by atoms with Crippen LogP contribution in [0.4, 0.5) is 0 Å². The Morgan fingerprint density at radius 3 is 2.36 bits per heavy atom. The van der Waals surface area contributed by atoms with Gasteiger partial charge in [-0.2, -0.15) is 0 Å². The Bertz CT molecular complexity index is 247. The van der Waals surface area contributed by atoms with Gasteiger partial charge in [0, 0.05) is 5.75 Å². The van der Waals surface area contributed by atoms with Gasteiger partial charge < -0.3 is 0 Å². The summed E-state index contributed by atoms with van der Waals surface area (Å²) in [7, 11) is 1.17. The van der Waals surface area contributed by atoms with E-state index in [2.05, 4.69) is 0 Å². The fraction of sp³-hybridized carbons (Fsp3) is 1.00. The molecule has 1 aliphatic heterocycles. The lowest BCUT2D eigenvalue weighted by Crippen LogP contribution is -2.36. The predicted molar refractivity (Wildman–Crippen MR) is 45.6 cm³/mol. The number of hydrogen-bond donors (Lipinski definition) is 0. The second kappa shape index (κ2) is 3.41. The van der Waals surface area contributed by atoms with E-state index < -0.39 is 19.9 Å². The predicted octanol–water partition coefficient (Wildman–Crippen LogP) is 0.324. The Hall–Kier alpha value is 0.390. The summed E-state index contributed by atoms with van der Waals surface area (Å²) < 4.78 is 31.6. The monoisotopic (exact) mass is 216 g/mol. The van der Waals surface area contributed by atoms with E-state index in [1.807, 2.05) is 0 Å². The van der Waals surface area contributed by atoms with Gasteiger partial charge in [-0.05, 0) is 23.0 Å². The van der Waals surface area contributed by atoms with Crippen LogP contribution in [0, 0.1) is 5.92 Å². The highest BCUT2D eigenvalue weighted by atomic mass is 35.7. The molecule has 0 N–H and O–H groups in total. The molecule has 6 heteroatoms. The van der Waals surface area contributed by atoms with Crippen LogP contribution in [0.5, 0.6) is 0 Å². The van der Waals surface area contributed by atoms with Crippen molar-refractivity contribution in [3.63, 3.8) is 0 Å². The largest absolute Gasteiger partial charge is 0.243 e. The first-order chi connectivity index (χ1) is 4.99. The van der Waals surface area contributed by atoms with Crippen molar-refractivity contribution in [2.24, 2.45) is 5.92 Å². The van der Waals surface area contributed by atoms with Gasteiger partial charge in [0.05, 0.1) is 11.5 Å². The fourth-order valence-electron chi connectivity index (χ4n) is 1.10. The number of rotatable bonds is 3. The summed E-state index contributed by atoms with van der Waals surface area (Å²) in [6.45, 7) is 0. The molecule has 1 aliphatic rings. The van der Waals surface area contributed by atoms with Crippen LogP contribution in [0.2, 0.25) is 0 Å². The van der Waals surface area contributed by atoms with Gasteiger partial charge in [0.15, 0.2) is 9.84 Å². The third-order valence-corrected chi connectivity index (χ3v) is 4.64. The van der Waals surface area contributed by atoms with Crippen molar-refractivity contribution in [1.29, 1.82) is 0 Å². The van der Waals surface area contributed by atoms with Gasteiger partial charge in [0.25, 0.3) is 0 Å².